The summed E-state index contributed by atoms with van der Waals surface area (Å²) in [5.41, 5.74) is 0. The molecular weight excluding hydrogens is 294 g/mol. The summed E-state index contributed by atoms with van der Waals surface area (Å²) in [6.45, 7) is 0.0749. The van der Waals surface area contributed by atoms with Crippen LogP contribution in [0.15, 0.2) is 0 Å². The molecule has 3 N–H and O–H groups in total. The molecule has 0 aromatic carbocycles. The zero-order chi connectivity index (χ0) is 15.6. The molecule has 0 amide bonds. The Balaban J connectivity index is 3.96. The number of hydrogen-bond acceptors (Lipinski definition) is 7. The first-order valence-electron chi connectivity index (χ1n) is 5.90. The summed E-state index contributed by atoms with van der Waals surface area (Å²) in [5, 5.41) is 17.2. The zero-order valence-corrected chi connectivity index (χ0v) is 11.7. The van der Waals surface area contributed by atoms with E-state index >= 15 is 0 Å². The van der Waals surface area contributed by atoms with Crippen molar-refractivity contribution in [1.82, 2.24) is 4.90 Å². The molecule has 0 radical (unpaired) electrons. The number of ether oxygens (including phenoxy) is 1. The summed E-state index contributed by atoms with van der Waals surface area (Å²) >= 11 is 0. The van der Waals surface area contributed by atoms with Gasteiger partial charge in [-0.2, -0.15) is 8.42 Å². The van der Waals surface area contributed by atoms with E-state index in [1.165, 1.54) is 4.90 Å². The molecule has 0 atom stereocenters. The monoisotopic (exact) mass is 313 g/mol. The fraction of sp³-hybridized carbons (Fsp3) is 0.800. The number of hydrogen-bond donors (Lipinski definition) is 3. The zero-order valence-electron chi connectivity index (χ0n) is 10.9. The largest absolute Gasteiger partial charge is 0.481 e. The molecule has 20 heavy (non-hydrogen) atoms. The van der Waals surface area contributed by atoms with E-state index in [1.807, 2.05) is 0 Å². The second kappa shape index (κ2) is 9.64. The first-order valence-corrected chi connectivity index (χ1v) is 7.51. The van der Waals surface area contributed by atoms with Gasteiger partial charge in [-0.05, 0) is 0 Å². The van der Waals surface area contributed by atoms with Crippen LogP contribution in [-0.4, -0.2) is 78.6 Å². The highest BCUT2D eigenvalue weighted by Crippen LogP contribution is 1.95. The Kier molecular flexibility index (Phi) is 9.05. The van der Waals surface area contributed by atoms with Crippen molar-refractivity contribution in [2.24, 2.45) is 0 Å². The Bertz CT molecular complexity index is 407. The predicted octanol–water partition coefficient (Wildman–Crippen LogP) is -1.42. The molecule has 0 aliphatic rings. The molecule has 0 aromatic heterocycles. The quantitative estimate of drug-likeness (QED) is 0.309. The van der Waals surface area contributed by atoms with Crippen molar-refractivity contribution in [1.29, 1.82) is 0 Å². The minimum absolute atomic E-state index is 0.00787. The van der Waals surface area contributed by atoms with Gasteiger partial charge in [0.25, 0.3) is 10.1 Å². The number of esters is 1. The average Bonchev–Trinajstić information content (AvgIpc) is 2.32. The van der Waals surface area contributed by atoms with E-state index in [4.69, 9.17) is 19.5 Å². The Morgan fingerprint density at radius 3 is 2.25 bits per heavy atom. The number of aliphatic hydroxyl groups is 1. The maximum absolute atomic E-state index is 11.1. The van der Waals surface area contributed by atoms with Crippen molar-refractivity contribution < 1.29 is 37.5 Å². The lowest BCUT2D eigenvalue weighted by Crippen LogP contribution is -2.35. The highest BCUT2D eigenvalue weighted by atomic mass is 32.2. The second-order valence-electron chi connectivity index (χ2n) is 3.97. The number of aliphatic carboxylic acids is 1. The number of nitrogens with zero attached hydrogens (tertiary/aromatic N) is 1. The van der Waals surface area contributed by atoms with Gasteiger partial charge in [-0.25, -0.2) is 0 Å². The van der Waals surface area contributed by atoms with Crippen LogP contribution in [0.3, 0.4) is 0 Å². The third-order valence-corrected chi connectivity index (χ3v) is 2.99. The topological polar surface area (TPSA) is 141 Å². The van der Waals surface area contributed by atoms with Crippen LogP contribution in [0, 0.1) is 0 Å². The van der Waals surface area contributed by atoms with Gasteiger partial charge in [0.2, 0.25) is 0 Å². The standard InChI is InChI=1S/C10H19NO8S/c12-6-3-11(5-8-20(16,17)18)4-7-19-10(15)2-1-9(13)14/h12H,1-8H2,(H,13,14)(H,16,17,18). The Hall–Kier alpha value is -1.23. The molecule has 0 heterocycles. The molecule has 0 saturated carbocycles. The number of rotatable bonds is 11. The molecule has 0 saturated heterocycles. The molecule has 0 aliphatic heterocycles. The third kappa shape index (κ3) is 11.8. The Labute approximate surface area is 116 Å². The van der Waals surface area contributed by atoms with Gasteiger partial charge in [0.1, 0.15) is 6.61 Å². The van der Waals surface area contributed by atoms with E-state index in [-0.39, 0.29) is 45.7 Å². The van der Waals surface area contributed by atoms with Gasteiger partial charge < -0.3 is 14.9 Å². The summed E-state index contributed by atoms with van der Waals surface area (Å²) in [6.07, 6.45) is -0.553. The summed E-state index contributed by atoms with van der Waals surface area (Å²) in [4.78, 5) is 22.8. The molecule has 0 unspecified atom stereocenters. The lowest BCUT2D eigenvalue weighted by atomic mass is 10.3. The number of carboxylic acids is 1. The lowest BCUT2D eigenvalue weighted by Gasteiger charge is -2.20. The number of carbonyl (C=O) groups excluding carboxylic acids is 1. The Morgan fingerprint density at radius 1 is 1.10 bits per heavy atom. The highest BCUT2D eigenvalue weighted by Gasteiger charge is 2.12. The van der Waals surface area contributed by atoms with Gasteiger partial charge in [0.15, 0.2) is 0 Å². The summed E-state index contributed by atoms with van der Waals surface area (Å²) in [7, 11) is -4.09. The fourth-order valence-corrected chi connectivity index (χ4v) is 1.78. The van der Waals surface area contributed by atoms with Gasteiger partial charge in [0.05, 0.1) is 25.2 Å². The molecule has 0 bridgehead atoms. The maximum atomic E-state index is 11.1. The normalized spacial score (nSPS) is 11.6. The number of aliphatic hydroxyl groups excluding tert-OH is 1. The minimum atomic E-state index is -4.09. The molecule has 9 nitrogen and oxygen atoms in total. The van der Waals surface area contributed by atoms with E-state index in [0.717, 1.165) is 0 Å². The van der Waals surface area contributed by atoms with E-state index in [1.54, 1.807) is 0 Å². The van der Waals surface area contributed by atoms with Gasteiger partial charge in [-0.1, -0.05) is 0 Å². The molecule has 10 heteroatoms. The number of carbonyl (C=O) groups is 2. The van der Waals surface area contributed by atoms with Crippen LogP contribution < -0.4 is 0 Å². The highest BCUT2D eigenvalue weighted by molar-refractivity contribution is 7.85. The first kappa shape index (κ1) is 18.8. The van der Waals surface area contributed by atoms with Gasteiger partial charge >= 0.3 is 11.9 Å². The fourth-order valence-electron chi connectivity index (χ4n) is 1.29. The van der Waals surface area contributed by atoms with Gasteiger partial charge in [-0.15, -0.1) is 0 Å². The van der Waals surface area contributed by atoms with Crippen molar-refractivity contribution in [2.75, 3.05) is 38.6 Å². The summed E-state index contributed by atoms with van der Waals surface area (Å²) < 4.78 is 34.6. The van der Waals surface area contributed by atoms with Crippen LogP contribution >= 0.6 is 0 Å². The van der Waals surface area contributed by atoms with E-state index in [2.05, 4.69) is 0 Å². The average molecular weight is 313 g/mol. The van der Waals surface area contributed by atoms with E-state index in [9.17, 15) is 18.0 Å². The van der Waals surface area contributed by atoms with Crippen molar-refractivity contribution in [2.45, 2.75) is 12.8 Å². The maximum Gasteiger partial charge on any atom is 0.306 e. The SMILES string of the molecule is O=C(O)CCC(=O)OCCN(CCO)CCS(=O)(=O)O. The van der Waals surface area contributed by atoms with Crippen LogP contribution in [0.4, 0.5) is 0 Å². The van der Waals surface area contributed by atoms with Gasteiger partial charge in [0, 0.05) is 19.6 Å². The van der Waals surface area contributed by atoms with Crippen molar-refractivity contribution >= 4 is 22.1 Å². The van der Waals surface area contributed by atoms with E-state index in [0.29, 0.717) is 0 Å². The van der Waals surface area contributed by atoms with Gasteiger partial charge in [-0.3, -0.25) is 19.0 Å². The lowest BCUT2D eigenvalue weighted by molar-refractivity contribution is -0.148. The predicted molar refractivity (Wildman–Crippen MR) is 67.8 cm³/mol. The smallest absolute Gasteiger partial charge is 0.306 e. The third-order valence-electron chi connectivity index (χ3n) is 2.30. The molecule has 118 valence electrons. The van der Waals surface area contributed by atoms with E-state index < -0.39 is 27.8 Å². The summed E-state index contributed by atoms with van der Waals surface area (Å²) in [5.74, 6) is -2.25. The van der Waals surface area contributed by atoms with Crippen LogP contribution in [0.25, 0.3) is 0 Å². The van der Waals surface area contributed by atoms with Crippen molar-refractivity contribution in [3.63, 3.8) is 0 Å². The Morgan fingerprint density at radius 2 is 1.75 bits per heavy atom. The first-order chi connectivity index (χ1) is 9.24. The number of carboxylic acid groups (broad SMARTS) is 1. The minimum Gasteiger partial charge on any atom is -0.481 e. The molecule has 0 spiro atoms. The molecule has 0 fully saturated rings. The molecule has 0 aliphatic carbocycles. The molecule has 0 aromatic rings. The van der Waals surface area contributed by atoms with Crippen LogP contribution in [0.1, 0.15) is 12.8 Å². The van der Waals surface area contributed by atoms with Crippen LogP contribution in [-0.2, 0) is 24.4 Å². The van der Waals surface area contributed by atoms with Crippen LogP contribution in [0.5, 0.6) is 0 Å². The van der Waals surface area contributed by atoms with Crippen molar-refractivity contribution in [3.8, 4) is 0 Å². The molecular formula is C10H19NO8S. The second-order valence-corrected chi connectivity index (χ2v) is 5.54. The van der Waals surface area contributed by atoms with Crippen molar-refractivity contribution in [3.05, 3.63) is 0 Å². The molecule has 0 rings (SSSR count). The van der Waals surface area contributed by atoms with Crippen LogP contribution in [0.2, 0.25) is 0 Å². The summed E-state index contributed by atoms with van der Waals surface area (Å²) in [6, 6.07) is 0.